The van der Waals surface area contributed by atoms with Gasteiger partial charge in [-0.1, -0.05) is 11.6 Å². The van der Waals surface area contributed by atoms with Crippen LogP contribution in [0.15, 0.2) is 10.9 Å². The zero-order chi connectivity index (χ0) is 12.4. The fraction of sp³-hybridized carbons (Fsp3) is 0.545. The highest BCUT2D eigenvalue weighted by molar-refractivity contribution is 6.29. The number of nitrogens with one attached hydrogen (secondary N) is 1. The second-order valence-electron chi connectivity index (χ2n) is 4.30. The Kier molecular flexibility index (Phi) is 3.47. The molecule has 1 N–H and O–H groups in total. The van der Waals surface area contributed by atoms with E-state index in [0.29, 0.717) is 18.3 Å². The minimum absolute atomic E-state index is 0.00154. The SMILES string of the molecule is Cc1nc(Cl)cc(=O)n1CC(=O)NCC1CC1. The molecule has 0 atom stereocenters. The van der Waals surface area contributed by atoms with Crippen LogP contribution in [0.2, 0.25) is 5.15 Å². The van der Waals surface area contributed by atoms with E-state index >= 15 is 0 Å². The van der Waals surface area contributed by atoms with Crippen LogP contribution in [-0.4, -0.2) is 22.0 Å². The molecule has 5 nitrogen and oxygen atoms in total. The lowest BCUT2D eigenvalue weighted by Crippen LogP contribution is -2.34. The van der Waals surface area contributed by atoms with Gasteiger partial charge in [0, 0.05) is 12.6 Å². The number of rotatable bonds is 4. The van der Waals surface area contributed by atoms with Gasteiger partial charge >= 0.3 is 0 Å². The van der Waals surface area contributed by atoms with E-state index in [9.17, 15) is 9.59 Å². The number of carbonyl (C=O) groups is 1. The highest BCUT2D eigenvalue weighted by Crippen LogP contribution is 2.27. The Labute approximate surface area is 104 Å². The molecule has 1 aliphatic rings. The van der Waals surface area contributed by atoms with Crippen molar-refractivity contribution in [3.8, 4) is 0 Å². The quantitative estimate of drug-likeness (QED) is 0.807. The monoisotopic (exact) mass is 255 g/mol. The molecular formula is C11H14ClN3O2. The van der Waals surface area contributed by atoms with E-state index in [1.807, 2.05) is 0 Å². The molecule has 0 bridgehead atoms. The summed E-state index contributed by atoms with van der Waals surface area (Å²) < 4.78 is 1.31. The van der Waals surface area contributed by atoms with E-state index < -0.39 is 0 Å². The fourth-order valence-electron chi connectivity index (χ4n) is 1.56. The maximum Gasteiger partial charge on any atom is 0.255 e. The molecule has 6 heteroatoms. The molecule has 1 saturated carbocycles. The summed E-state index contributed by atoms with van der Waals surface area (Å²) in [5.74, 6) is 0.912. The van der Waals surface area contributed by atoms with Crippen molar-refractivity contribution in [3.05, 3.63) is 27.4 Å². The van der Waals surface area contributed by atoms with E-state index in [2.05, 4.69) is 10.3 Å². The molecule has 17 heavy (non-hydrogen) atoms. The van der Waals surface area contributed by atoms with Crippen LogP contribution in [0.25, 0.3) is 0 Å². The molecule has 92 valence electrons. The lowest BCUT2D eigenvalue weighted by atomic mass is 10.4. The van der Waals surface area contributed by atoms with Crippen molar-refractivity contribution in [2.45, 2.75) is 26.3 Å². The predicted octanol–water partition coefficient (Wildman–Crippen LogP) is 0.731. The van der Waals surface area contributed by atoms with Crippen LogP contribution >= 0.6 is 11.6 Å². The van der Waals surface area contributed by atoms with Crippen LogP contribution in [0.4, 0.5) is 0 Å². The molecular weight excluding hydrogens is 242 g/mol. The average molecular weight is 256 g/mol. The summed E-state index contributed by atoms with van der Waals surface area (Å²) in [4.78, 5) is 27.2. The first-order valence-electron chi connectivity index (χ1n) is 5.57. The third-order valence-electron chi connectivity index (χ3n) is 2.75. The number of aromatic nitrogens is 2. The molecule has 1 amide bonds. The molecule has 0 unspecified atom stereocenters. The molecule has 1 heterocycles. The molecule has 0 aliphatic heterocycles. The van der Waals surface area contributed by atoms with E-state index in [1.165, 1.54) is 23.5 Å². The Bertz CT molecular complexity index is 494. The Morgan fingerprint density at radius 1 is 1.65 bits per heavy atom. The number of aryl methyl sites for hydroxylation is 1. The van der Waals surface area contributed by atoms with Crippen LogP contribution in [0, 0.1) is 12.8 Å². The molecule has 1 aliphatic carbocycles. The summed E-state index contributed by atoms with van der Waals surface area (Å²) in [6, 6.07) is 1.21. The summed E-state index contributed by atoms with van der Waals surface area (Å²) in [5.41, 5.74) is -0.302. The molecule has 2 rings (SSSR count). The van der Waals surface area contributed by atoms with Gasteiger partial charge < -0.3 is 5.32 Å². The molecule has 0 saturated heterocycles. The van der Waals surface area contributed by atoms with Gasteiger partial charge in [0.1, 0.15) is 17.5 Å². The molecule has 0 radical (unpaired) electrons. The minimum Gasteiger partial charge on any atom is -0.354 e. The second kappa shape index (κ2) is 4.87. The van der Waals surface area contributed by atoms with Crippen molar-refractivity contribution in [1.82, 2.24) is 14.9 Å². The smallest absolute Gasteiger partial charge is 0.255 e. The Morgan fingerprint density at radius 2 is 2.35 bits per heavy atom. The first-order chi connectivity index (χ1) is 8.06. The van der Waals surface area contributed by atoms with Crippen LogP contribution in [0.3, 0.4) is 0 Å². The van der Waals surface area contributed by atoms with Crippen molar-refractivity contribution < 1.29 is 4.79 Å². The molecule has 1 fully saturated rings. The largest absolute Gasteiger partial charge is 0.354 e. The lowest BCUT2D eigenvalue weighted by Gasteiger charge is -2.09. The Balaban J connectivity index is 2.01. The average Bonchev–Trinajstić information content (AvgIpc) is 3.04. The number of halogens is 1. The van der Waals surface area contributed by atoms with Crippen LogP contribution in [0.5, 0.6) is 0 Å². The van der Waals surface area contributed by atoms with Crippen molar-refractivity contribution in [1.29, 1.82) is 0 Å². The Morgan fingerprint density at radius 3 is 2.94 bits per heavy atom. The normalized spacial score (nSPS) is 14.7. The van der Waals surface area contributed by atoms with Gasteiger partial charge in [-0.05, 0) is 25.7 Å². The molecule has 1 aromatic rings. The highest BCUT2D eigenvalue weighted by atomic mass is 35.5. The first-order valence-corrected chi connectivity index (χ1v) is 5.95. The van der Waals surface area contributed by atoms with Gasteiger partial charge in [0.25, 0.3) is 5.56 Å². The van der Waals surface area contributed by atoms with Gasteiger partial charge in [-0.3, -0.25) is 14.2 Å². The van der Waals surface area contributed by atoms with Gasteiger partial charge in [0.2, 0.25) is 5.91 Å². The zero-order valence-electron chi connectivity index (χ0n) is 9.57. The third kappa shape index (κ3) is 3.30. The molecule has 0 aromatic carbocycles. The summed E-state index contributed by atoms with van der Waals surface area (Å²) in [6.07, 6.45) is 2.36. The lowest BCUT2D eigenvalue weighted by molar-refractivity contribution is -0.121. The highest BCUT2D eigenvalue weighted by Gasteiger charge is 2.21. The van der Waals surface area contributed by atoms with Gasteiger partial charge in [-0.2, -0.15) is 0 Å². The maximum absolute atomic E-state index is 11.6. The standard InChI is InChI=1S/C11H14ClN3O2/c1-7-14-9(12)4-11(17)15(7)6-10(16)13-5-8-2-3-8/h4,8H,2-3,5-6H2,1H3,(H,13,16). The number of hydrogen-bond acceptors (Lipinski definition) is 3. The summed E-state index contributed by atoms with van der Waals surface area (Å²) in [6.45, 7) is 2.36. The second-order valence-corrected chi connectivity index (χ2v) is 4.69. The predicted molar refractivity (Wildman–Crippen MR) is 64.0 cm³/mol. The number of amides is 1. The van der Waals surface area contributed by atoms with E-state index in [1.54, 1.807) is 6.92 Å². The number of carbonyl (C=O) groups excluding carboxylic acids is 1. The third-order valence-corrected chi connectivity index (χ3v) is 2.95. The van der Waals surface area contributed by atoms with Crippen molar-refractivity contribution in [2.75, 3.05) is 6.54 Å². The topological polar surface area (TPSA) is 64.0 Å². The van der Waals surface area contributed by atoms with Crippen molar-refractivity contribution >= 4 is 17.5 Å². The summed E-state index contributed by atoms with van der Waals surface area (Å²) in [5, 5.41) is 2.96. The van der Waals surface area contributed by atoms with Crippen LogP contribution in [-0.2, 0) is 11.3 Å². The van der Waals surface area contributed by atoms with Crippen molar-refractivity contribution in [2.24, 2.45) is 5.92 Å². The van der Waals surface area contributed by atoms with Crippen LogP contribution in [0.1, 0.15) is 18.7 Å². The zero-order valence-corrected chi connectivity index (χ0v) is 10.3. The van der Waals surface area contributed by atoms with E-state index in [0.717, 1.165) is 0 Å². The summed E-state index contributed by atoms with van der Waals surface area (Å²) in [7, 11) is 0. The number of hydrogen-bond donors (Lipinski definition) is 1. The van der Waals surface area contributed by atoms with E-state index in [4.69, 9.17) is 11.6 Å². The van der Waals surface area contributed by atoms with Gasteiger partial charge in [0.05, 0.1) is 0 Å². The Hall–Kier alpha value is -1.36. The van der Waals surface area contributed by atoms with Gasteiger partial charge in [0.15, 0.2) is 0 Å². The van der Waals surface area contributed by atoms with Gasteiger partial charge in [-0.25, -0.2) is 4.98 Å². The first kappa shape index (κ1) is 12.1. The molecule has 1 aromatic heterocycles. The van der Waals surface area contributed by atoms with Gasteiger partial charge in [-0.15, -0.1) is 0 Å². The molecule has 0 spiro atoms. The minimum atomic E-state index is -0.302. The van der Waals surface area contributed by atoms with Crippen LogP contribution < -0.4 is 10.9 Å². The number of nitrogens with zero attached hydrogens (tertiary/aromatic N) is 2. The maximum atomic E-state index is 11.6. The van der Waals surface area contributed by atoms with Crippen molar-refractivity contribution in [3.63, 3.8) is 0 Å². The fourth-order valence-corrected chi connectivity index (χ4v) is 1.77. The van der Waals surface area contributed by atoms with E-state index in [-0.39, 0.29) is 23.2 Å². The summed E-state index contributed by atoms with van der Waals surface area (Å²) >= 11 is 5.64.